The molecule has 0 heterocycles. The zero-order valence-corrected chi connectivity index (χ0v) is 8.90. The number of phenolic OH excluding ortho intramolecular Hbond substituents is 1. The first-order valence-electron chi connectivity index (χ1n) is 5.14. The summed E-state index contributed by atoms with van der Waals surface area (Å²) in [6.45, 7) is 4.18. The number of hydrogen-bond acceptors (Lipinski definition) is 1. The van der Waals surface area contributed by atoms with Crippen molar-refractivity contribution in [1.82, 2.24) is 0 Å². The van der Waals surface area contributed by atoms with E-state index >= 15 is 0 Å². The zero-order valence-electron chi connectivity index (χ0n) is 8.90. The quantitative estimate of drug-likeness (QED) is 0.715. The van der Waals surface area contributed by atoms with E-state index in [2.05, 4.69) is 19.1 Å². The highest BCUT2D eigenvalue weighted by molar-refractivity contribution is 5.34. The summed E-state index contributed by atoms with van der Waals surface area (Å²) in [5.74, 6) is 0.841. The monoisotopic (exact) mass is 190 g/mol. The van der Waals surface area contributed by atoms with Gasteiger partial charge in [0.2, 0.25) is 0 Å². The van der Waals surface area contributed by atoms with Gasteiger partial charge in [-0.25, -0.2) is 0 Å². The van der Waals surface area contributed by atoms with Crippen molar-refractivity contribution in [1.29, 1.82) is 0 Å². The van der Waals surface area contributed by atoms with Crippen LogP contribution < -0.4 is 0 Å². The molecule has 14 heavy (non-hydrogen) atoms. The molecule has 0 fully saturated rings. The van der Waals surface area contributed by atoms with E-state index in [-0.39, 0.29) is 0 Å². The molecular weight excluding hydrogens is 172 g/mol. The Kier molecular flexibility index (Phi) is 4.24. The van der Waals surface area contributed by atoms with Gasteiger partial charge in [0, 0.05) is 0 Å². The highest BCUT2D eigenvalue weighted by Crippen LogP contribution is 2.28. The SMILES string of the molecule is CC=CCCC(C)c1ccccc1O. The molecule has 0 saturated carbocycles. The fourth-order valence-corrected chi connectivity index (χ4v) is 1.57. The molecule has 76 valence electrons. The molecule has 1 nitrogen and oxygen atoms in total. The lowest BCUT2D eigenvalue weighted by molar-refractivity contribution is 0.461. The van der Waals surface area contributed by atoms with E-state index in [9.17, 15) is 5.11 Å². The van der Waals surface area contributed by atoms with E-state index in [0.29, 0.717) is 11.7 Å². The molecule has 1 rings (SSSR count). The second-order valence-electron chi connectivity index (χ2n) is 3.61. The Bertz CT molecular complexity index is 302. The van der Waals surface area contributed by atoms with Crippen molar-refractivity contribution < 1.29 is 5.11 Å². The van der Waals surface area contributed by atoms with Gasteiger partial charge in [-0.3, -0.25) is 0 Å². The van der Waals surface area contributed by atoms with Crippen LogP contribution >= 0.6 is 0 Å². The standard InChI is InChI=1S/C13H18O/c1-3-4-5-8-11(2)12-9-6-7-10-13(12)14/h3-4,6-7,9-11,14H,5,8H2,1-2H3. The van der Waals surface area contributed by atoms with Crippen LogP contribution in [0.4, 0.5) is 0 Å². The highest BCUT2D eigenvalue weighted by Gasteiger charge is 2.07. The normalized spacial score (nSPS) is 13.3. The smallest absolute Gasteiger partial charge is 0.119 e. The molecule has 1 N–H and O–H groups in total. The minimum absolute atomic E-state index is 0.417. The van der Waals surface area contributed by atoms with Gasteiger partial charge in [-0.15, -0.1) is 0 Å². The molecule has 1 aromatic carbocycles. The van der Waals surface area contributed by atoms with E-state index in [4.69, 9.17) is 0 Å². The van der Waals surface area contributed by atoms with Crippen molar-refractivity contribution in [2.45, 2.75) is 32.6 Å². The van der Waals surface area contributed by atoms with Gasteiger partial charge in [0.05, 0.1) is 0 Å². The number of phenols is 1. The van der Waals surface area contributed by atoms with Crippen molar-refractivity contribution in [2.75, 3.05) is 0 Å². The van der Waals surface area contributed by atoms with Gasteiger partial charge in [0.25, 0.3) is 0 Å². The van der Waals surface area contributed by atoms with Gasteiger partial charge in [-0.2, -0.15) is 0 Å². The predicted octanol–water partition coefficient (Wildman–Crippen LogP) is 3.85. The Balaban J connectivity index is 2.60. The Morgan fingerprint density at radius 3 is 2.71 bits per heavy atom. The van der Waals surface area contributed by atoms with Crippen LogP contribution in [0.2, 0.25) is 0 Å². The summed E-state index contributed by atoms with van der Waals surface area (Å²) in [6.07, 6.45) is 6.39. The van der Waals surface area contributed by atoms with Crippen LogP contribution in [0.25, 0.3) is 0 Å². The van der Waals surface area contributed by atoms with Gasteiger partial charge in [-0.1, -0.05) is 37.3 Å². The summed E-state index contributed by atoms with van der Waals surface area (Å²) in [7, 11) is 0. The Labute approximate surface area is 86.1 Å². The van der Waals surface area contributed by atoms with Crippen LogP contribution in [-0.2, 0) is 0 Å². The molecule has 1 aromatic rings. The third-order valence-electron chi connectivity index (χ3n) is 2.47. The number of hydrogen-bond donors (Lipinski definition) is 1. The van der Waals surface area contributed by atoms with Gasteiger partial charge in [-0.05, 0) is 37.3 Å². The van der Waals surface area contributed by atoms with Crippen molar-refractivity contribution in [3.05, 3.63) is 42.0 Å². The first-order valence-corrected chi connectivity index (χ1v) is 5.14. The predicted molar refractivity (Wildman–Crippen MR) is 60.6 cm³/mol. The molecule has 0 amide bonds. The maximum Gasteiger partial charge on any atom is 0.119 e. The summed E-state index contributed by atoms with van der Waals surface area (Å²) in [4.78, 5) is 0. The lowest BCUT2D eigenvalue weighted by Crippen LogP contribution is -1.92. The second-order valence-corrected chi connectivity index (χ2v) is 3.61. The maximum absolute atomic E-state index is 9.62. The van der Waals surface area contributed by atoms with Crippen LogP contribution in [0.15, 0.2) is 36.4 Å². The minimum Gasteiger partial charge on any atom is -0.508 e. The van der Waals surface area contributed by atoms with Crippen LogP contribution in [0.5, 0.6) is 5.75 Å². The number of aromatic hydroxyl groups is 1. The number of allylic oxidation sites excluding steroid dienone is 2. The largest absolute Gasteiger partial charge is 0.508 e. The van der Waals surface area contributed by atoms with Crippen LogP contribution in [0, 0.1) is 0 Å². The summed E-state index contributed by atoms with van der Waals surface area (Å²) in [5.41, 5.74) is 1.05. The van der Waals surface area contributed by atoms with Crippen molar-refractivity contribution in [3.8, 4) is 5.75 Å². The fraction of sp³-hybridized carbons (Fsp3) is 0.385. The van der Waals surface area contributed by atoms with E-state index in [1.165, 1.54) is 0 Å². The van der Waals surface area contributed by atoms with E-state index in [1.54, 1.807) is 6.07 Å². The van der Waals surface area contributed by atoms with Gasteiger partial charge in [0.15, 0.2) is 0 Å². The average Bonchev–Trinajstić information content (AvgIpc) is 2.18. The summed E-state index contributed by atoms with van der Waals surface area (Å²) < 4.78 is 0. The molecule has 0 aliphatic heterocycles. The Morgan fingerprint density at radius 2 is 2.07 bits per heavy atom. The molecule has 0 aliphatic carbocycles. The number of para-hydroxylation sites is 1. The molecule has 0 spiro atoms. The Morgan fingerprint density at radius 1 is 1.36 bits per heavy atom. The molecule has 0 aromatic heterocycles. The molecule has 1 heteroatoms. The van der Waals surface area contributed by atoms with Crippen molar-refractivity contribution in [3.63, 3.8) is 0 Å². The topological polar surface area (TPSA) is 20.2 Å². The van der Waals surface area contributed by atoms with Crippen molar-refractivity contribution in [2.24, 2.45) is 0 Å². The second kappa shape index (κ2) is 5.48. The van der Waals surface area contributed by atoms with Gasteiger partial charge in [0.1, 0.15) is 5.75 Å². The molecular formula is C13H18O. The average molecular weight is 190 g/mol. The third-order valence-corrected chi connectivity index (χ3v) is 2.47. The Hall–Kier alpha value is -1.24. The lowest BCUT2D eigenvalue weighted by Gasteiger charge is -2.11. The molecule has 0 bridgehead atoms. The van der Waals surface area contributed by atoms with Crippen LogP contribution in [0.3, 0.4) is 0 Å². The van der Waals surface area contributed by atoms with E-state index < -0.39 is 0 Å². The van der Waals surface area contributed by atoms with Gasteiger partial charge >= 0.3 is 0 Å². The first-order chi connectivity index (χ1) is 6.75. The fourth-order valence-electron chi connectivity index (χ4n) is 1.57. The van der Waals surface area contributed by atoms with Crippen LogP contribution in [0.1, 0.15) is 38.2 Å². The highest BCUT2D eigenvalue weighted by atomic mass is 16.3. The van der Waals surface area contributed by atoms with E-state index in [1.807, 2.05) is 25.1 Å². The molecule has 0 aliphatic rings. The molecule has 0 saturated heterocycles. The maximum atomic E-state index is 9.62. The van der Waals surface area contributed by atoms with E-state index in [0.717, 1.165) is 18.4 Å². The van der Waals surface area contributed by atoms with Gasteiger partial charge < -0.3 is 5.11 Å². The third kappa shape index (κ3) is 2.91. The summed E-state index contributed by atoms with van der Waals surface area (Å²) in [5, 5.41) is 9.62. The summed E-state index contributed by atoms with van der Waals surface area (Å²) >= 11 is 0. The minimum atomic E-state index is 0.417. The molecule has 1 atom stereocenters. The lowest BCUT2D eigenvalue weighted by atomic mass is 9.95. The molecule has 1 unspecified atom stereocenters. The summed E-state index contributed by atoms with van der Waals surface area (Å²) in [6, 6.07) is 7.58. The molecule has 0 radical (unpaired) electrons. The first kappa shape index (κ1) is 10.8. The van der Waals surface area contributed by atoms with Crippen molar-refractivity contribution >= 4 is 0 Å². The number of benzene rings is 1. The number of rotatable bonds is 4. The van der Waals surface area contributed by atoms with Crippen LogP contribution in [-0.4, -0.2) is 5.11 Å². The zero-order chi connectivity index (χ0) is 10.4.